The van der Waals surface area contributed by atoms with E-state index in [1.807, 2.05) is 0 Å². The van der Waals surface area contributed by atoms with Crippen LogP contribution in [-0.4, -0.2) is 12.4 Å². The van der Waals surface area contributed by atoms with Crippen molar-refractivity contribution in [2.75, 3.05) is 0 Å². The number of hydrogen-bond donors (Lipinski definition) is 0. The van der Waals surface area contributed by atoms with Crippen molar-refractivity contribution >= 4 is 16.5 Å². The summed E-state index contributed by atoms with van der Waals surface area (Å²) < 4.78 is 39.0. The molecule has 0 rings (SSSR count). The minimum absolute atomic E-state index is 0.649. The van der Waals surface area contributed by atoms with E-state index in [1.54, 1.807) is 0 Å². The van der Waals surface area contributed by atoms with Crippen molar-refractivity contribution in [3.63, 3.8) is 0 Å². The second-order valence-corrected chi connectivity index (χ2v) is 8.45. The Balaban J connectivity index is 0. The molecule has 0 saturated carbocycles. The standard InChI is InChI=1S/C18H39P.BF4/c1-5-9-13-17(14-10-6-2)18(19,15-11-7-3)16-12-8-4;2-1(3,4)5/h17H,5-16,19H2,1-4H3;/q;-1/p+1. The summed E-state index contributed by atoms with van der Waals surface area (Å²) in [6, 6.07) is 0. The van der Waals surface area contributed by atoms with Crippen molar-refractivity contribution in [1.29, 1.82) is 0 Å². The lowest BCUT2D eigenvalue weighted by molar-refractivity contribution is 0.276. The summed E-state index contributed by atoms with van der Waals surface area (Å²) in [4.78, 5) is 0. The summed E-state index contributed by atoms with van der Waals surface area (Å²) in [6.45, 7) is 9.37. The van der Waals surface area contributed by atoms with Gasteiger partial charge in [0.1, 0.15) is 0 Å². The number of hydrogen-bond acceptors (Lipinski definition) is 0. The van der Waals surface area contributed by atoms with E-state index < -0.39 is 7.25 Å². The van der Waals surface area contributed by atoms with Gasteiger partial charge in [-0.3, -0.25) is 0 Å². The maximum atomic E-state index is 9.75. The maximum Gasteiger partial charge on any atom is 0.673 e. The summed E-state index contributed by atoms with van der Waals surface area (Å²) in [5.41, 5.74) is 0. The summed E-state index contributed by atoms with van der Waals surface area (Å²) >= 11 is 0. The van der Waals surface area contributed by atoms with Gasteiger partial charge in [0.25, 0.3) is 0 Å². The van der Waals surface area contributed by atoms with Crippen LogP contribution < -0.4 is 0 Å². The molecule has 6 heteroatoms. The average Bonchev–Trinajstić information content (AvgIpc) is 2.49. The molecule has 0 fully saturated rings. The highest BCUT2D eigenvalue weighted by Crippen LogP contribution is 2.43. The van der Waals surface area contributed by atoms with E-state index in [0.29, 0.717) is 5.16 Å². The fourth-order valence-corrected chi connectivity index (χ4v) is 4.16. The largest absolute Gasteiger partial charge is 0.673 e. The maximum absolute atomic E-state index is 9.75. The zero-order valence-electron chi connectivity index (χ0n) is 16.4. The lowest BCUT2D eigenvalue weighted by Gasteiger charge is -2.34. The molecule has 0 saturated heterocycles. The Kier molecular flexibility index (Phi) is 17.0. The molecule has 0 bridgehead atoms. The van der Waals surface area contributed by atoms with Crippen LogP contribution in [-0.2, 0) is 0 Å². The van der Waals surface area contributed by atoms with Crippen LogP contribution in [0.25, 0.3) is 0 Å². The zero-order valence-corrected chi connectivity index (χ0v) is 17.8. The van der Waals surface area contributed by atoms with Crippen molar-refractivity contribution in [3.05, 3.63) is 0 Å². The first-order valence-electron chi connectivity index (χ1n) is 9.87. The molecule has 1 unspecified atom stereocenters. The van der Waals surface area contributed by atoms with Crippen LogP contribution in [0.1, 0.15) is 105 Å². The molecule has 0 nitrogen and oxygen atoms in total. The molecule has 0 aromatic carbocycles. The Morgan fingerprint density at radius 3 is 1.25 bits per heavy atom. The molecule has 148 valence electrons. The van der Waals surface area contributed by atoms with Crippen LogP contribution in [0.5, 0.6) is 0 Å². The average molecular weight is 374 g/mol. The van der Waals surface area contributed by atoms with E-state index in [9.17, 15) is 17.3 Å². The Labute approximate surface area is 150 Å². The first kappa shape index (κ1) is 26.4. The molecule has 0 aromatic rings. The molecule has 24 heavy (non-hydrogen) atoms. The van der Waals surface area contributed by atoms with Gasteiger partial charge in [-0.25, -0.2) is 0 Å². The molecular weight excluding hydrogens is 334 g/mol. The predicted octanol–water partition coefficient (Wildman–Crippen LogP) is 8.01. The predicted molar refractivity (Wildman–Crippen MR) is 106 cm³/mol. The van der Waals surface area contributed by atoms with Crippen molar-refractivity contribution in [2.24, 2.45) is 5.92 Å². The van der Waals surface area contributed by atoms with Gasteiger partial charge in [-0.05, 0) is 53.7 Å². The van der Waals surface area contributed by atoms with Gasteiger partial charge in [0, 0.05) is 0 Å². The molecular formula is C18H40BF4P. The first-order chi connectivity index (χ1) is 11.1. The van der Waals surface area contributed by atoms with Gasteiger partial charge in [-0.15, -0.1) is 0 Å². The fourth-order valence-electron chi connectivity index (χ4n) is 3.25. The third-order valence-corrected chi connectivity index (χ3v) is 6.02. The van der Waals surface area contributed by atoms with Crippen molar-refractivity contribution < 1.29 is 17.3 Å². The highest BCUT2D eigenvalue weighted by atomic mass is 31.0. The Hall–Kier alpha value is 0.215. The monoisotopic (exact) mass is 374 g/mol. The van der Waals surface area contributed by atoms with E-state index in [4.69, 9.17) is 0 Å². The van der Waals surface area contributed by atoms with Crippen LogP contribution in [0.2, 0.25) is 0 Å². The van der Waals surface area contributed by atoms with Gasteiger partial charge < -0.3 is 17.3 Å². The molecule has 0 aliphatic carbocycles. The van der Waals surface area contributed by atoms with Crippen molar-refractivity contribution in [2.45, 2.75) is 110 Å². The molecule has 0 aliphatic rings. The van der Waals surface area contributed by atoms with E-state index in [-0.39, 0.29) is 0 Å². The van der Waals surface area contributed by atoms with E-state index in [0.717, 1.165) is 5.92 Å². The Morgan fingerprint density at radius 2 is 1.00 bits per heavy atom. The highest BCUT2D eigenvalue weighted by molar-refractivity contribution is 7.19. The van der Waals surface area contributed by atoms with Crippen LogP contribution >= 0.6 is 9.24 Å². The molecule has 0 N–H and O–H groups in total. The molecule has 0 spiro atoms. The summed E-state index contributed by atoms with van der Waals surface area (Å²) in [5.74, 6) is 0.990. The molecule has 0 amide bonds. The van der Waals surface area contributed by atoms with E-state index in [1.165, 1.54) is 77.0 Å². The minimum atomic E-state index is -6.00. The lowest BCUT2D eigenvalue weighted by Crippen LogP contribution is -2.32. The highest BCUT2D eigenvalue weighted by Gasteiger charge is 2.36. The third-order valence-electron chi connectivity index (χ3n) is 4.73. The minimum Gasteiger partial charge on any atom is -0.418 e. The van der Waals surface area contributed by atoms with Gasteiger partial charge in [0.2, 0.25) is 0 Å². The topological polar surface area (TPSA) is 0 Å². The molecule has 0 aromatic heterocycles. The zero-order chi connectivity index (χ0) is 19.1. The number of rotatable bonds is 13. The SMILES string of the molecule is CCCCC(CCCC)C([PH3+])(CCCC)CCCC.F[B-](F)(F)F. The van der Waals surface area contributed by atoms with Gasteiger partial charge in [-0.2, -0.15) is 0 Å². The quantitative estimate of drug-likeness (QED) is 0.174. The van der Waals surface area contributed by atoms with E-state index in [2.05, 4.69) is 36.9 Å². The van der Waals surface area contributed by atoms with Crippen molar-refractivity contribution in [1.82, 2.24) is 0 Å². The third kappa shape index (κ3) is 17.1. The fraction of sp³-hybridized carbons (Fsp3) is 1.00. The lowest BCUT2D eigenvalue weighted by atomic mass is 9.77. The normalized spacial score (nSPS) is 12.4. The van der Waals surface area contributed by atoms with Crippen LogP contribution in [0.4, 0.5) is 17.3 Å². The van der Waals surface area contributed by atoms with Gasteiger partial charge in [0.05, 0.1) is 5.16 Å². The Morgan fingerprint density at radius 1 is 0.708 bits per heavy atom. The van der Waals surface area contributed by atoms with Crippen LogP contribution in [0.15, 0.2) is 0 Å². The van der Waals surface area contributed by atoms with E-state index >= 15 is 0 Å². The summed E-state index contributed by atoms with van der Waals surface area (Å²) in [5, 5.41) is 0.649. The van der Waals surface area contributed by atoms with Gasteiger partial charge >= 0.3 is 7.25 Å². The number of unbranched alkanes of at least 4 members (excludes halogenated alkanes) is 4. The second-order valence-electron chi connectivity index (χ2n) is 7.05. The molecule has 1 atom stereocenters. The van der Waals surface area contributed by atoms with Crippen molar-refractivity contribution in [3.8, 4) is 0 Å². The van der Waals surface area contributed by atoms with Gasteiger partial charge in [-0.1, -0.05) is 66.2 Å². The Bertz CT molecular complexity index is 250. The smallest absolute Gasteiger partial charge is 0.418 e. The first-order valence-corrected chi connectivity index (χ1v) is 10.6. The number of halogens is 4. The second kappa shape index (κ2) is 15.5. The molecule has 0 aliphatic heterocycles. The molecule has 0 radical (unpaired) electrons. The van der Waals surface area contributed by atoms with Crippen LogP contribution in [0, 0.1) is 5.92 Å². The molecule has 0 heterocycles. The van der Waals surface area contributed by atoms with Crippen LogP contribution in [0.3, 0.4) is 0 Å². The summed E-state index contributed by atoms with van der Waals surface area (Å²) in [6.07, 6.45) is 17.1. The van der Waals surface area contributed by atoms with Gasteiger partial charge in [0.15, 0.2) is 0 Å². The summed E-state index contributed by atoms with van der Waals surface area (Å²) in [7, 11) is -3.63.